The minimum absolute atomic E-state index is 0.00628. The number of hydrogen-bond acceptors (Lipinski definition) is 4. The van der Waals surface area contributed by atoms with E-state index >= 15 is 0 Å². The maximum Gasteiger partial charge on any atom is 0.223 e. The third kappa shape index (κ3) is 10.5. The SMILES string of the molecule is Cc1ccc(C[C@H](N)CN2C[C@@H](CC(C)C)N(C(=O)CCc3ccc(Cl)c(Cl)c3)CC2CCCN=C(N)N)c(C)c1. The highest BCUT2D eigenvalue weighted by Crippen LogP contribution is 2.27. The number of benzene rings is 2. The summed E-state index contributed by atoms with van der Waals surface area (Å²) in [5.41, 5.74) is 22.7. The van der Waals surface area contributed by atoms with Gasteiger partial charge in [0, 0.05) is 50.7 Å². The fourth-order valence-corrected chi connectivity index (χ4v) is 6.23. The largest absolute Gasteiger partial charge is 0.370 e. The zero-order chi connectivity index (χ0) is 30.1. The molecule has 3 atom stereocenters. The Balaban J connectivity index is 1.75. The van der Waals surface area contributed by atoms with Gasteiger partial charge in [0.2, 0.25) is 5.91 Å². The molecule has 0 aliphatic carbocycles. The Bertz CT molecular complexity index is 1180. The van der Waals surface area contributed by atoms with E-state index in [1.165, 1.54) is 16.7 Å². The lowest BCUT2D eigenvalue weighted by Gasteiger charge is -2.48. The van der Waals surface area contributed by atoms with E-state index in [4.69, 9.17) is 40.4 Å². The van der Waals surface area contributed by atoms with E-state index in [1.54, 1.807) is 6.07 Å². The summed E-state index contributed by atoms with van der Waals surface area (Å²) in [5, 5.41) is 1.04. The van der Waals surface area contributed by atoms with Gasteiger partial charge in [0.05, 0.1) is 10.0 Å². The standard InChI is InChI=1S/C32H48Cl2N6O/c1-21(2)14-28-19-39(18-26(35)17-25-10-7-22(3)15-23(25)4)27(6-5-13-38-32(36)37)20-40(28)31(41)12-9-24-8-11-29(33)30(34)16-24/h7-8,10-11,15-16,21,26-28H,5-6,9,12-14,17-20,35H2,1-4H3,(H4,36,37,38)/t26-,27?,28+/m0/s1. The van der Waals surface area contributed by atoms with Crippen molar-refractivity contribution in [3.63, 3.8) is 0 Å². The molecule has 1 heterocycles. The van der Waals surface area contributed by atoms with Crippen molar-refractivity contribution < 1.29 is 4.79 Å². The van der Waals surface area contributed by atoms with Crippen LogP contribution in [-0.4, -0.2) is 66.0 Å². The minimum Gasteiger partial charge on any atom is -0.370 e. The Kier molecular flexibility index (Phi) is 12.8. The van der Waals surface area contributed by atoms with Crippen LogP contribution < -0.4 is 17.2 Å². The predicted molar refractivity (Wildman–Crippen MR) is 173 cm³/mol. The fraction of sp³-hybridized carbons (Fsp3) is 0.562. The number of hydrogen-bond donors (Lipinski definition) is 3. The van der Waals surface area contributed by atoms with Crippen LogP contribution >= 0.6 is 23.2 Å². The molecule has 0 saturated carbocycles. The molecule has 9 heteroatoms. The number of carbonyl (C=O) groups excluding carboxylic acids is 1. The van der Waals surface area contributed by atoms with Gasteiger partial charge in [0.25, 0.3) is 0 Å². The topological polar surface area (TPSA) is 114 Å². The van der Waals surface area contributed by atoms with Crippen LogP contribution in [0.3, 0.4) is 0 Å². The van der Waals surface area contributed by atoms with Gasteiger partial charge >= 0.3 is 0 Å². The third-order valence-corrected chi connectivity index (χ3v) is 8.66. The number of aryl methyl sites for hydroxylation is 3. The first-order chi connectivity index (χ1) is 19.4. The molecular weight excluding hydrogens is 555 g/mol. The summed E-state index contributed by atoms with van der Waals surface area (Å²) in [6.45, 7) is 11.5. The van der Waals surface area contributed by atoms with Crippen molar-refractivity contribution >= 4 is 35.1 Å². The van der Waals surface area contributed by atoms with Gasteiger partial charge in [-0.15, -0.1) is 0 Å². The van der Waals surface area contributed by atoms with E-state index in [0.29, 0.717) is 41.9 Å². The molecule has 7 nitrogen and oxygen atoms in total. The first kappa shape index (κ1) is 33.2. The Labute approximate surface area is 256 Å². The van der Waals surface area contributed by atoms with E-state index in [-0.39, 0.29) is 30.0 Å². The van der Waals surface area contributed by atoms with E-state index in [0.717, 1.165) is 44.3 Å². The first-order valence-electron chi connectivity index (χ1n) is 14.8. The average Bonchev–Trinajstić information content (AvgIpc) is 2.89. The maximum atomic E-state index is 13.7. The molecule has 2 aromatic carbocycles. The number of nitrogens with two attached hydrogens (primary N) is 3. The Morgan fingerprint density at radius 1 is 1.05 bits per heavy atom. The Morgan fingerprint density at radius 3 is 2.46 bits per heavy atom. The summed E-state index contributed by atoms with van der Waals surface area (Å²) in [7, 11) is 0. The molecule has 1 amide bonds. The number of guanidine groups is 1. The number of aliphatic imine (C=N–C) groups is 1. The molecule has 0 radical (unpaired) electrons. The molecule has 1 fully saturated rings. The van der Waals surface area contributed by atoms with Crippen molar-refractivity contribution in [2.75, 3.05) is 26.2 Å². The Hall–Kier alpha value is -2.32. The number of carbonyl (C=O) groups is 1. The van der Waals surface area contributed by atoms with Crippen LogP contribution in [0.4, 0.5) is 0 Å². The van der Waals surface area contributed by atoms with Gasteiger partial charge in [0.15, 0.2) is 5.96 Å². The van der Waals surface area contributed by atoms with Gasteiger partial charge in [-0.05, 0) is 80.7 Å². The van der Waals surface area contributed by atoms with Crippen molar-refractivity contribution in [1.82, 2.24) is 9.80 Å². The molecule has 0 spiro atoms. The molecule has 0 aromatic heterocycles. The van der Waals surface area contributed by atoms with Gasteiger partial charge in [0.1, 0.15) is 0 Å². The van der Waals surface area contributed by atoms with Crippen LogP contribution in [0.25, 0.3) is 0 Å². The quantitative estimate of drug-likeness (QED) is 0.168. The highest BCUT2D eigenvalue weighted by atomic mass is 35.5. The van der Waals surface area contributed by atoms with Crippen molar-refractivity contribution in [2.45, 2.75) is 84.3 Å². The van der Waals surface area contributed by atoms with Crippen LogP contribution in [0.1, 0.15) is 61.8 Å². The zero-order valence-electron chi connectivity index (χ0n) is 25.1. The summed E-state index contributed by atoms with van der Waals surface area (Å²) in [4.78, 5) is 22.5. The maximum absolute atomic E-state index is 13.7. The third-order valence-electron chi connectivity index (χ3n) is 7.92. The molecule has 6 N–H and O–H groups in total. The van der Waals surface area contributed by atoms with Crippen LogP contribution in [0, 0.1) is 19.8 Å². The summed E-state index contributed by atoms with van der Waals surface area (Å²) in [5.74, 6) is 0.752. The van der Waals surface area contributed by atoms with Gasteiger partial charge in [-0.25, -0.2) is 0 Å². The molecule has 0 bridgehead atoms. The summed E-state index contributed by atoms with van der Waals surface area (Å²) in [6.07, 6.45) is 4.55. The number of halogens is 2. The molecule has 3 rings (SSSR count). The summed E-state index contributed by atoms with van der Waals surface area (Å²) < 4.78 is 0. The van der Waals surface area contributed by atoms with E-state index in [9.17, 15) is 4.79 Å². The highest BCUT2D eigenvalue weighted by Gasteiger charge is 2.36. The number of amides is 1. The number of piperazine rings is 1. The van der Waals surface area contributed by atoms with Crippen molar-refractivity contribution in [1.29, 1.82) is 0 Å². The van der Waals surface area contributed by atoms with Crippen molar-refractivity contribution in [3.8, 4) is 0 Å². The summed E-state index contributed by atoms with van der Waals surface area (Å²) in [6, 6.07) is 12.5. The lowest BCUT2D eigenvalue weighted by Crippen LogP contribution is -2.61. The second-order valence-electron chi connectivity index (χ2n) is 12.0. The van der Waals surface area contributed by atoms with Gasteiger partial charge in [-0.2, -0.15) is 0 Å². The monoisotopic (exact) mass is 602 g/mol. The molecule has 1 aliphatic rings. The molecule has 2 aromatic rings. The minimum atomic E-state index is -0.00628. The van der Waals surface area contributed by atoms with E-state index < -0.39 is 0 Å². The Morgan fingerprint density at radius 2 is 1.80 bits per heavy atom. The number of nitrogens with zero attached hydrogens (tertiary/aromatic N) is 3. The summed E-state index contributed by atoms with van der Waals surface area (Å²) >= 11 is 12.3. The van der Waals surface area contributed by atoms with Crippen molar-refractivity contribution in [3.05, 3.63) is 68.7 Å². The van der Waals surface area contributed by atoms with Crippen molar-refractivity contribution in [2.24, 2.45) is 28.1 Å². The van der Waals surface area contributed by atoms with Gasteiger partial charge in [-0.3, -0.25) is 14.7 Å². The highest BCUT2D eigenvalue weighted by molar-refractivity contribution is 6.42. The van der Waals surface area contributed by atoms with Crippen LogP contribution in [0.15, 0.2) is 41.4 Å². The molecule has 41 heavy (non-hydrogen) atoms. The molecular formula is C32H48Cl2N6O. The van der Waals surface area contributed by atoms with Gasteiger partial charge < -0.3 is 22.1 Å². The second-order valence-corrected chi connectivity index (χ2v) is 12.8. The normalized spacial score (nSPS) is 18.5. The van der Waals surface area contributed by atoms with Crippen LogP contribution in [0.2, 0.25) is 10.0 Å². The fourth-order valence-electron chi connectivity index (χ4n) is 5.91. The number of rotatable bonds is 13. The lowest BCUT2D eigenvalue weighted by molar-refractivity contribution is -0.138. The molecule has 226 valence electrons. The predicted octanol–water partition coefficient (Wildman–Crippen LogP) is 5.09. The first-order valence-corrected chi connectivity index (χ1v) is 15.5. The van der Waals surface area contributed by atoms with Crippen LogP contribution in [-0.2, 0) is 17.6 Å². The zero-order valence-corrected chi connectivity index (χ0v) is 26.6. The van der Waals surface area contributed by atoms with E-state index in [1.807, 2.05) is 12.1 Å². The lowest BCUT2D eigenvalue weighted by atomic mass is 9.93. The molecule has 1 saturated heterocycles. The molecule has 1 unspecified atom stereocenters. The smallest absolute Gasteiger partial charge is 0.223 e. The van der Waals surface area contributed by atoms with Gasteiger partial charge in [-0.1, -0.05) is 66.9 Å². The molecule has 1 aliphatic heterocycles. The van der Waals surface area contributed by atoms with Crippen LogP contribution in [0.5, 0.6) is 0 Å². The average molecular weight is 604 g/mol. The van der Waals surface area contributed by atoms with E-state index in [2.05, 4.69) is 60.7 Å². The second kappa shape index (κ2) is 15.8.